The molecule has 1 aliphatic heterocycles. The standard InChI is InChI=1S/C16H32N2/c1-11-5-6-16(17)15(8-11)10-18-9-12(2)7-13(3)14(18)4/h11-16H,5-10,17H2,1-4H3. The molecular weight excluding hydrogens is 220 g/mol. The molecule has 0 bridgehead atoms. The lowest BCUT2D eigenvalue weighted by Crippen LogP contribution is -2.51. The molecule has 2 aliphatic rings. The van der Waals surface area contributed by atoms with Gasteiger partial charge in [-0.1, -0.05) is 20.8 Å². The van der Waals surface area contributed by atoms with Gasteiger partial charge in [-0.05, 0) is 56.3 Å². The second kappa shape index (κ2) is 5.92. The summed E-state index contributed by atoms with van der Waals surface area (Å²) in [6.45, 7) is 12.1. The summed E-state index contributed by atoms with van der Waals surface area (Å²) in [5.41, 5.74) is 6.35. The highest BCUT2D eigenvalue weighted by atomic mass is 15.2. The highest BCUT2D eigenvalue weighted by Gasteiger charge is 2.33. The molecule has 0 aromatic carbocycles. The molecule has 2 nitrogen and oxygen atoms in total. The Bertz CT molecular complexity index is 266. The maximum Gasteiger partial charge on any atom is 0.00929 e. The Balaban J connectivity index is 1.94. The van der Waals surface area contributed by atoms with Crippen molar-refractivity contribution in [3.05, 3.63) is 0 Å². The van der Waals surface area contributed by atoms with Crippen molar-refractivity contribution in [3.8, 4) is 0 Å². The van der Waals surface area contributed by atoms with Gasteiger partial charge in [0.15, 0.2) is 0 Å². The van der Waals surface area contributed by atoms with Gasteiger partial charge in [0.2, 0.25) is 0 Å². The molecule has 18 heavy (non-hydrogen) atoms. The van der Waals surface area contributed by atoms with Gasteiger partial charge in [0, 0.05) is 25.2 Å². The first kappa shape index (κ1) is 14.3. The largest absolute Gasteiger partial charge is 0.327 e. The van der Waals surface area contributed by atoms with Gasteiger partial charge in [-0.15, -0.1) is 0 Å². The van der Waals surface area contributed by atoms with Gasteiger partial charge in [0.05, 0.1) is 0 Å². The van der Waals surface area contributed by atoms with E-state index in [1.165, 1.54) is 38.8 Å². The van der Waals surface area contributed by atoms with Crippen LogP contribution >= 0.6 is 0 Å². The fraction of sp³-hybridized carbons (Fsp3) is 1.00. The normalized spacial score (nSPS) is 47.2. The van der Waals surface area contributed by atoms with Crippen molar-refractivity contribution in [2.24, 2.45) is 29.4 Å². The minimum Gasteiger partial charge on any atom is -0.327 e. The molecule has 1 saturated heterocycles. The number of hydrogen-bond donors (Lipinski definition) is 1. The summed E-state index contributed by atoms with van der Waals surface area (Å²) in [5.74, 6) is 3.30. The molecule has 0 amide bonds. The number of likely N-dealkylation sites (tertiary alicyclic amines) is 1. The average Bonchev–Trinajstić information content (AvgIpc) is 2.30. The van der Waals surface area contributed by atoms with Crippen molar-refractivity contribution >= 4 is 0 Å². The molecule has 1 saturated carbocycles. The minimum absolute atomic E-state index is 0.445. The van der Waals surface area contributed by atoms with Gasteiger partial charge < -0.3 is 5.73 Å². The van der Waals surface area contributed by atoms with Gasteiger partial charge in [-0.3, -0.25) is 4.90 Å². The van der Waals surface area contributed by atoms with Crippen LogP contribution in [-0.2, 0) is 0 Å². The smallest absolute Gasteiger partial charge is 0.00929 e. The van der Waals surface area contributed by atoms with Crippen LogP contribution in [0.5, 0.6) is 0 Å². The first-order valence-corrected chi connectivity index (χ1v) is 7.97. The number of rotatable bonds is 2. The molecule has 0 aromatic rings. The van der Waals surface area contributed by atoms with Crippen molar-refractivity contribution < 1.29 is 0 Å². The highest BCUT2D eigenvalue weighted by molar-refractivity contribution is 4.88. The van der Waals surface area contributed by atoms with E-state index in [2.05, 4.69) is 32.6 Å². The summed E-state index contributed by atoms with van der Waals surface area (Å²) < 4.78 is 0. The Hall–Kier alpha value is -0.0800. The molecule has 106 valence electrons. The van der Waals surface area contributed by atoms with Crippen LogP contribution in [0, 0.1) is 23.7 Å². The van der Waals surface area contributed by atoms with Crippen molar-refractivity contribution in [1.82, 2.24) is 4.90 Å². The van der Waals surface area contributed by atoms with Crippen molar-refractivity contribution in [2.45, 2.75) is 65.5 Å². The van der Waals surface area contributed by atoms with Gasteiger partial charge in [0.1, 0.15) is 0 Å². The predicted octanol–water partition coefficient (Wildman–Crippen LogP) is 3.12. The summed E-state index contributed by atoms with van der Waals surface area (Å²) in [5, 5.41) is 0. The monoisotopic (exact) mass is 252 g/mol. The van der Waals surface area contributed by atoms with Gasteiger partial charge >= 0.3 is 0 Å². The minimum atomic E-state index is 0.445. The highest BCUT2D eigenvalue weighted by Crippen LogP contribution is 2.32. The first-order chi connectivity index (χ1) is 8.47. The van der Waals surface area contributed by atoms with Crippen LogP contribution in [-0.4, -0.2) is 30.1 Å². The van der Waals surface area contributed by atoms with Crippen LogP contribution in [0.3, 0.4) is 0 Å². The van der Waals surface area contributed by atoms with Gasteiger partial charge in [-0.25, -0.2) is 0 Å². The summed E-state index contributed by atoms with van der Waals surface area (Å²) in [6.07, 6.45) is 5.30. The maximum absolute atomic E-state index is 6.35. The Morgan fingerprint density at radius 3 is 2.44 bits per heavy atom. The Morgan fingerprint density at radius 2 is 1.72 bits per heavy atom. The number of nitrogens with zero attached hydrogens (tertiary/aromatic N) is 1. The third-order valence-electron chi connectivity index (χ3n) is 5.49. The van der Waals surface area contributed by atoms with Crippen LogP contribution in [0.2, 0.25) is 0 Å². The average molecular weight is 252 g/mol. The molecule has 2 fully saturated rings. The number of piperidine rings is 1. The topological polar surface area (TPSA) is 29.3 Å². The third-order valence-corrected chi connectivity index (χ3v) is 5.49. The molecule has 1 aliphatic carbocycles. The van der Waals surface area contributed by atoms with Gasteiger partial charge in [0.25, 0.3) is 0 Å². The predicted molar refractivity (Wildman–Crippen MR) is 78.5 cm³/mol. The van der Waals surface area contributed by atoms with Crippen molar-refractivity contribution in [1.29, 1.82) is 0 Å². The van der Waals surface area contributed by atoms with E-state index >= 15 is 0 Å². The zero-order valence-corrected chi connectivity index (χ0v) is 12.7. The maximum atomic E-state index is 6.35. The Kier molecular flexibility index (Phi) is 4.71. The fourth-order valence-electron chi connectivity index (χ4n) is 4.11. The zero-order valence-electron chi connectivity index (χ0n) is 12.7. The SMILES string of the molecule is CC1CCC(N)C(CN2CC(C)CC(C)C2C)C1. The van der Waals surface area contributed by atoms with E-state index in [4.69, 9.17) is 5.73 Å². The molecule has 6 unspecified atom stereocenters. The molecule has 0 radical (unpaired) electrons. The first-order valence-electron chi connectivity index (χ1n) is 7.97. The van der Waals surface area contributed by atoms with E-state index in [9.17, 15) is 0 Å². The second-order valence-electron chi connectivity index (χ2n) is 7.35. The van der Waals surface area contributed by atoms with Crippen LogP contribution < -0.4 is 5.73 Å². The van der Waals surface area contributed by atoms with Crippen molar-refractivity contribution in [2.75, 3.05) is 13.1 Å². The molecule has 2 rings (SSSR count). The van der Waals surface area contributed by atoms with E-state index in [1.807, 2.05) is 0 Å². The summed E-state index contributed by atoms with van der Waals surface area (Å²) in [6, 6.07) is 1.19. The fourth-order valence-corrected chi connectivity index (χ4v) is 4.11. The van der Waals surface area contributed by atoms with E-state index in [0.717, 1.165) is 29.7 Å². The van der Waals surface area contributed by atoms with E-state index < -0.39 is 0 Å². The van der Waals surface area contributed by atoms with Gasteiger partial charge in [-0.2, -0.15) is 0 Å². The lowest BCUT2D eigenvalue weighted by Gasteiger charge is -2.44. The van der Waals surface area contributed by atoms with Crippen LogP contribution in [0.4, 0.5) is 0 Å². The summed E-state index contributed by atoms with van der Waals surface area (Å²) in [4.78, 5) is 2.72. The molecular formula is C16H32N2. The van der Waals surface area contributed by atoms with Crippen LogP contribution in [0.1, 0.15) is 53.4 Å². The van der Waals surface area contributed by atoms with E-state index in [0.29, 0.717) is 6.04 Å². The lowest BCUT2D eigenvalue weighted by atomic mass is 9.77. The molecule has 6 atom stereocenters. The molecule has 2 heteroatoms. The van der Waals surface area contributed by atoms with Crippen LogP contribution in [0.15, 0.2) is 0 Å². The Morgan fingerprint density at radius 1 is 1.00 bits per heavy atom. The number of nitrogens with two attached hydrogens (primary N) is 1. The quantitative estimate of drug-likeness (QED) is 0.818. The molecule has 0 aromatic heterocycles. The van der Waals surface area contributed by atoms with Crippen molar-refractivity contribution in [3.63, 3.8) is 0 Å². The number of hydrogen-bond acceptors (Lipinski definition) is 2. The second-order valence-corrected chi connectivity index (χ2v) is 7.35. The lowest BCUT2D eigenvalue weighted by molar-refractivity contribution is 0.0497. The third kappa shape index (κ3) is 3.27. The summed E-state index contributed by atoms with van der Waals surface area (Å²) >= 11 is 0. The Labute approximate surface area is 113 Å². The van der Waals surface area contributed by atoms with E-state index in [-0.39, 0.29) is 0 Å². The summed E-state index contributed by atoms with van der Waals surface area (Å²) in [7, 11) is 0. The van der Waals surface area contributed by atoms with E-state index in [1.54, 1.807) is 0 Å². The van der Waals surface area contributed by atoms with Crippen LogP contribution in [0.25, 0.3) is 0 Å². The molecule has 1 heterocycles. The molecule has 2 N–H and O–H groups in total. The zero-order chi connectivity index (χ0) is 13.3. The molecule has 0 spiro atoms.